The summed E-state index contributed by atoms with van der Waals surface area (Å²) >= 11 is 0. The molecule has 0 saturated carbocycles. The second-order valence-electron chi connectivity index (χ2n) is 3.43. The Kier molecular flexibility index (Phi) is 3.06. The average molecular weight is 250 g/mol. The van der Waals surface area contributed by atoms with E-state index in [2.05, 4.69) is 10.2 Å². The Morgan fingerprint density at radius 2 is 1.76 bits per heavy atom. The predicted octanol–water partition coefficient (Wildman–Crippen LogP) is 1.55. The van der Waals surface area contributed by atoms with E-state index in [1.54, 1.807) is 12.1 Å². The number of aryl methyl sites for hydroxylation is 1. The summed E-state index contributed by atoms with van der Waals surface area (Å²) in [5.74, 6) is 0.139. The zero-order valence-corrected chi connectivity index (χ0v) is 9.89. The monoisotopic (exact) mass is 250 g/mol. The second kappa shape index (κ2) is 4.50. The van der Waals surface area contributed by atoms with Crippen molar-refractivity contribution in [1.82, 2.24) is 10.2 Å². The smallest absolute Gasteiger partial charge is 0.339 e. The van der Waals surface area contributed by atoms with Crippen molar-refractivity contribution in [1.29, 1.82) is 0 Å². The first kappa shape index (κ1) is 11.5. The van der Waals surface area contributed by atoms with E-state index < -0.39 is 10.1 Å². The molecule has 17 heavy (non-hydrogen) atoms. The third-order valence-corrected chi connectivity index (χ3v) is 3.33. The minimum absolute atomic E-state index is 0.111. The zero-order valence-electron chi connectivity index (χ0n) is 9.07. The van der Waals surface area contributed by atoms with Gasteiger partial charge in [0.25, 0.3) is 0 Å². The van der Waals surface area contributed by atoms with E-state index in [9.17, 15) is 8.42 Å². The molecule has 5 nitrogen and oxygen atoms in total. The number of hydrogen-bond donors (Lipinski definition) is 0. The van der Waals surface area contributed by atoms with E-state index in [-0.39, 0.29) is 10.6 Å². The first-order chi connectivity index (χ1) is 8.08. The molecule has 88 valence electrons. The topological polar surface area (TPSA) is 69.2 Å². The number of benzene rings is 1. The van der Waals surface area contributed by atoms with Gasteiger partial charge in [0.05, 0.1) is 12.4 Å². The molecule has 1 aromatic carbocycles. The van der Waals surface area contributed by atoms with Crippen LogP contribution in [-0.4, -0.2) is 18.6 Å². The maximum atomic E-state index is 11.8. The molecule has 0 bridgehead atoms. The summed E-state index contributed by atoms with van der Waals surface area (Å²) in [6.07, 6.45) is 2.60. The van der Waals surface area contributed by atoms with Gasteiger partial charge in [0, 0.05) is 6.07 Å². The van der Waals surface area contributed by atoms with Gasteiger partial charge in [0.2, 0.25) is 0 Å². The first-order valence-electron chi connectivity index (χ1n) is 4.86. The minimum Gasteiger partial charge on any atom is -0.377 e. The highest BCUT2D eigenvalue weighted by molar-refractivity contribution is 7.87. The van der Waals surface area contributed by atoms with E-state index in [1.165, 1.54) is 30.6 Å². The van der Waals surface area contributed by atoms with Gasteiger partial charge in [0.1, 0.15) is 4.90 Å². The van der Waals surface area contributed by atoms with Gasteiger partial charge in [-0.2, -0.15) is 18.6 Å². The molecule has 0 aliphatic rings. The molecular formula is C11H10N2O3S. The molecule has 0 N–H and O–H groups in total. The van der Waals surface area contributed by atoms with Gasteiger partial charge in [-0.1, -0.05) is 17.7 Å². The van der Waals surface area contributed by atoms with Gasteiger partial charge >= 0.3 is 10.1 Å². The van der Waals surface area contributed by atoms with E-state index >= 15 is 0 Å². The van der Waals surface area contributed by atoms with Crippen molar-refractivity contribution in [3.8, 4) is 5.75 Å². The van der Waals surface area contributed by atoms with Crippen molar-refractivity contribution >= 4 is 10.1 Å². The highest BCUT2D eigenvalue weighted by Gasteiger charge is 2.16. The van der Waals surface area contributed by atoms with Crippen LogP contribution in [0, 0.1) is 6.92 Å². The summed E-state index contributed by atoms with van der Waals surface area (Å²) in [6.45, 7) is 1.88. The summed E-state index contributed by atoms with van der Waals surface area (Å²) in [4.78, 5) is 0.111. The van der Waals surface area contributed by atoms with Crippen LogP contribution in [0.4, 0.5) is 0 Å². The standard InChI is InChI=1S/C11H10N2O3S/c1-9-2-4-11(5-3-9)17(14,15)16-10-6-7-12-13-8-10/h2-8H,1H3. The molecule has 0 fully saturated rings. The number of nitrogens with zero attached hydrogens (tertiary/aromatic N) is 2. The molecule has 0 radical (unpaired) electrons. The summed E-state index contributed by atoms with van der Waals surface area (Å²) in [5.41, 5.74) is 0.981. The van der Waals surface area contributed by atoms with E-state index in [0.29, 0.717) is 0 Å². The van der Waals surface area contributed by atoms with Crippen LogP contribution in [0.3, 0.4) is 0 Å². The van der Waals surface area contributed by atoms with E-state index in [1.807, 2.05) is 6.92 Å². The Bertz CT molecular complexity index is 594. The Morgan fingerprint density at radius 1 is 1.06 bits per heavy atom. The van der Waals surface area contributed by atoms with Crippen molar-refractivity contribution in [3.05, 3.63) is 48.3 Å². The van der Waals surface area contributed by atoms with Crippen LogP contribution < -0.4 is 4.18 Å². The van der Waals surface area contributed by atoms with Crippen LogP contribution in [0.15, 0.2) is 47.6 Å². The Hall–Kier alpha value is -1.95. The zero-order chi connectivity index (χ0) is 12.3. The summed E-state index contributed by atoms with van der Waals surface area (Å²) in [7, 11) is -3.80. The van der Waals surface area contributed by atoms with Crippen LogP contribution in [0.25, 0.3) is 0 Å². The van der Waals surface area contributed by atoms with Gasteiger partial charge in [-0.3, -0.25) is 0 Å². The molecule has 0 aliphatic carbocycles. The summed E-state index contributed by atoms with van der Waals surface area (Å²) < 4.78 is 28.6. The molecule has 0 saturated heterocycles. The van der Waals surface area contributed by atoms with Gasteiger partial charge in [-0.15, -0.1) is 0 Å². The lowest BCUT2D eigenvalue weighted by Gasteiger charge is -2.06. The molecule has 6 heteroatoms. The third kappa shape index (κ3) is 2.79. The Labute approximate surface area is 99.2 Å². The van der Waals surface area contributed by atoms with Gasteiger partial charge in [-0.05, 0) is 19.1 Å². The molecular weight excluding hydrogens is 240 g/mol. The lowest BCUT2D eigenvalue weighted by molar-refractivity contribution is 0.484. The van der Waals surface area contributed by atoms with Gasteiger partial charge in [-0.25, -0.2) is 0 Å². The molecule has 1 aromatic heterocycles. The van der Waals surface area contributed by atoms with Crippen molar-refractivity contribution in [2.75, 3.05) is 0 Å². The maximum Gasteiger partial charge on any atom is 0.339 e. The largest absolute Gasteiger partial charge is 0.377 e. The van der Waals surface area contributed by atoms with E-state index in [4.69, 9.17) is 4.18 Å². The normalized spacial score (nSPS) is 11.1. The number of aromatic nitrogens is 2. The SMILES string of the molecule is Cc1ccc(S(=O)(=O)Oc2ccnnc2)cc1. The highest BCUT2D eigenvalue weighted by Crippen LogP contribution is 2.17. The molecule has 0 aliphatic heterocycles. The highest BCUT2D eigenvalue weighted by atomic mass is 32.2. The van der Waals surface area contributed by atoms with Crippen LogP contribution in [0.5, 0.6) is 5.75 Å². The van der Waals surface area contributed by atoms with Crippen molar-refractivity contribution in [2.45, 2.75) is 11.8 Å². The Balaban J connectivity index is 2.29. The average Bonchev–Trinajstić information content (AvgIpc) is 2.30. The third-order valence-electron chi connectivity index (χ3n) is 2.07. The lowest BCUT2D eigenvalue weighted by Crippen LogP contribution is -2.09. The number of rotatable bonds is 3. The fourth-order valence-corrected chi connectivity index (χ4v) is 2.13. The Morgan fingerprint density at radius 3 is 2.35 bits per heavy atom. The van der Waals surface area contributed by atoms with Crippen LogP contribution >= 0.6 is 0 Å². The molecule has 0 spiro atoms. The molecule has 2 rings (SSSR count). The predicted molar refractivity (Wildman–Crippen MR) is 61.0 cm³/mol. The minimum atomic E-state index is -3.80. The van der Waals surface area contributed by atoms with Crippen LogP contribution in [0.2, 0.25) is 0 Å². The first-order valence-corrected chi connectivity index (χ1v) is 6.26. The quantitative estimate of drug-likeness (QED) is 0.773. The van der Waals surface area contributed by atoms with Crippen LogP contribution in [0.1, 0.15) is 5.56 Å². The summed E-state index contributed by atoms with van der Waals surface area (Å²) in [6, 6.07) is 7.85. The van der Waals surface area contributed by atoms with E-state index in [0.717, 1.165) is 5.56 Å². The molecule has 1 heterocycles. The molecule has 2 aromatic rings. The molecule has 0 atom stereocenters. The maximum absolute atomic E-state index is 11.8. The van der Waals surface area contributed by atoms with Gasteiger partial charge < -0.3 is 4.18 Å². The lowest BCUT2D eigenvalue weighted by atomic mass is 10.2. The summed E-state index contributed by atoms with van der Waals surface area (Å²) in [5, 5.41) is 7.07. The molecule has 0 unspecified atom stereocenters. The van der Waals surface area contributed by atoms with Crippen LogP contribution in [-0.2, 0) is 10.1 Å². The van der Waals surface area contributed by atoms with Crippen molar-refractivity contribution in [3.63, 3.8) is 0 Å². The second-order valence-corrected chi connectivity index (χ2v) is 4.97. The van der Waals surface area contributed by atoms with Gasteiger partial charge in [0.15, 0.2) is 5.75 Å². The molecule has 0 amide bonds. The fraction of sp³-hybridized carbons (Fsp3) is 0.0909. The van der Waals surface area contributed by atoms with Crippen molar-refractivity contribution < 1.29 is 12.6 Å². The fourth-order valence-electron chi connectivity index (χ4n) is 1.21. The number of hydrogen-bond acceptors (Lipinski definition) is 5. The van der Waals surface area contributed by atoms with Crippen molar-refractivity contribution in [2.24, 2.45) is 0 Å².